The van der Waals surface area contributed by atoms with E-state index < -0.39 is 0 Å². The Hall–Kier alpha value is -1.55. The minimum atomic E-state index is 0.181. The largest absolute Gasteiger partial charge is 0.388 e. The third-order valence-corrected chi connectivity index (χ3v) is 1.39. The van der Waals surface area contributed by atoms with Gasteiger partial charge in [0.1, 0.15) is 0 Å². The summed E-state index contributed by atoms with van der Waals surface area (Å²) in [6.45, 7) is 2.08. The summed E-state index contributed by atoms with van der Waals surface area (Å²) in [5.41, 5.74) is 3.72. The van der Waals surface area contributed by atoms with Gasteiger partial charge in [-0.15, -0.1) is 0 Å². The van der Waals surface area contributed by atoms with Crippen molar-refractivity contribution >= 4 is 12.1 Å². The van der Waals surface area contributed by atoms with E-state index in [2.05, 4.69) is 36.5 Å². The number of carbonyl (C=O) groups is 1. The Morgan fingerprint density at radius 2 is 1.77 bits per heavy atom. The van der Waals surface area contributed by atoms with Crippen LogP contribution < -0.4 is 10.8 Å². The molecule has 0 aliphatic heterocycles. The van der Waals surface area contributed by atoms with E-state index in [9.17, 15) is 0 Å². The van der Waals surface area contributed by atoms with Crippen LogP contribution in [-0.4, -0.2) is 18.7 Å². The second-order valence-electron chi connectivity index (χ2n) is 2.36. The maximum Gasteiger partial charge on any atom is 0.230 e. The first-order valence-electron chi connectivity index (χ1n) is 3.82. The second-order valence-corrected chi connectivity index (χ2v) is 2.36. The van der Waals surface area contributed by atoms with Crippen molar-refractivity contribution in [3.8, 4) is 0 Å². The average molecular weight is 182 g/mol. The zero-order chi connectivity index (χ0) is 10.1. The van der Waals surface area contributed by atoms with Crippen LogP contribution >= 0.6 is 0 Å². The lowest BCUT2D eigenvalue weighted by Gasteiger charge is -1.97. The molecule has 0 saturated heterocycles. The number of benzene rings is 1. The minimum absolute atomic E-state index is 0.181. The zero-order valence-corrected chi connectivity index (χ0v) is 7.74. The third kappa shape index (κ3) is 5.69. The molecule has 0 aliphatic rings. The van der Waals surface area contributed by atoms with Crippen LogP contribution in [0.4, 0.5) is 5.69 Å². The highest BCUT2D eigenvalue weighted by Gasteiger charge is 1.83. The lowest BCUT2D eigenvalue weighted by Crippen LogP contribution is -1.99. The van der Waals surface area contributed by atoms with Crippen LogP contribution in [0.1, 0.15) is 5.56 Å². The van der Waals surface area contributed by atoms with Gasteiger partial charge in [0, 0.05) is 12.7 Å². The van der Waals surface area contributed by atoms with Crippen molar-refractivity contribution in [3.63, 3.8) is 0 Å². The molecule has 0 saturated carbocycles. The van der Waals surface area contributed by atoms with Crippen LogP contribution in [0, 0.1) is 6.92 Å². The predicted octanol–water partition coefficient (Wildman–Crippen LogP) is 1.16. The molecule has 3 N–H and O–H groups in total. The fourth-order valence-electron chi connectivity index (χ4n) is 0.720. The Bertz CT molecular complexity index is 234. The minimum Gasteiger partial charge on any atom is -0.388 e. The number of hydrogen-bond acceptors (Lipinski definition) is 3. The number of aryl methyl sites for hydroxylation is 1. The summed E-state index contributed by atoms with van der Waals surface area (Å²) in [5.74, 6) is 0. The third-order valence-electron chi connectivity index (χ3n) is 1.39. The summed E-state index contributed by atoms with van der Waals surface area (Å²) >= 11 is 0. The normalized spacial score (nSPS) is 7.92. The van der Waals surface area contributed by atoms with Gasteiger partial charge in [0.05, 0.1) is 0 Å². The molecule has 0 atom stereocenters. The van der Waals surface area contributed by atoms with Gasteiger partial charge in [0.25, 0.3) is 0 Å². The van der Waals surface area contributed by atoms with E-state index in [1.165, 1.54) is 16.7 Å². The van der Waals surface area contributed by atoms with Crippen LogP contribution in [0.5, 0.6) is 0 Å². The Kier molecular flexibility index (Phi) is 6.27. The van der Waals surface area contributed by atoms with E-state index in [0.29, 0.717) is 0 Å². The molecule has 4 heteroatoms. The van der Waals surface area contributed by atoms with Crippen LogP contribution in [0.15, 0.2) is 24.3 Å². The summed E-state index contributed by atoms with van der Waals surface area (Å²) in [6.07, 6.45) is 0.181. The molecule has 4 nitrogen and oxygen atoms in total. The highest BCUT2D eigenvalue weighted by Crippen LogP contribution is 2.06. The van der Waals surface area contributed by atoms with E-state index in [1.807, 2.05) is 7.05 Å². The predicted molar refractivity (Wildman–Crippen MR) is 51.7 cm³/mol. The van der Waals surface area contributed by atoms with E-state index in [4.69, 9.17) is 10.0 Å². The molecule has 1 aromatic rings. The zero-order valence-electron chi connectivity index (χ0n) is 7.74. The van der Waals surface area contributed by atoms with Gasteiger partial charge in [-0.1, -0.05) is 17.7 Å². The van der Waals surface area contributed by atoms with Crippen molar-refractivity contribution in [2.24, 2.45) is 0 Å². The maximum atomic E-state index is 8.81. The van der Waals surface area contributed by atoms with Crippen molar-refractivity contribution in [2.75, 3.05) is 12.4 Å². The first-order valence-corrected chi connectivity index (χ1v) is 3.82. The SMILES string of the molecule is CNc1ccc(C)cc1.O=CNO. The van der Waals surface area contributed by atoms with Gasteiger partial charge in [-0.25, -0.2) is 5.48 Å². The van der Waals surface area contributed by atoms with Crippen LogP contribution in [-0.2, 0) is 4.79 Å². The average Bonchev–Trinajstić information content (AvgIpc) is 2.19. The molecule has 72 valence electrons. The molecular formula is C9H14N2O2. The van der Waals surface area contributed by atoms with Crippen LogP contribution in [0.25, 0.3) is 0 Å². The van der Waals surface area contributed by atoms with Crippen molar-refractivity contribution < 1.29 is 10.0 Å². The van der Waals surface area contributed by atoms with Crippen molar-refractivity contribution in [1.29, 1.82) is 0 Å². The van der Waals surface area contributed by atoms with E-state index in [-0.39, 0.29) is 6.41 Å². The quantitative estimate of drug-likeness (QED) is 0.365. The molecule has 0 bridgehead atoms. The molecule has 0 unspecified atom stereocenters. The lowest BCUT2D eigenvalue weighted by atomic mass is 10.2. The first-order chi connectivity index (χ1) is 6.24. The molecular weight excluding hydrogens is 168 g/mol. The van der Waals surface area contributed by atoms with Crippen molar-refractivity contribution in [1.82, 2.24) is 5.48 Å². The number of rotatable bonds is 2. The molecule has 0 aromatic heterocycles. The summed E-state index contributed by atoms with van der Waals surface area (Å²) < 4.78 is 0. The van der Waals surface area contributed by atoms with Crippen molar-refractivity contribution in [3.05, 3.63) is 29.8 Å². The molecule has 0 spiro atoms. The molecule has 0 radical (unpaired) electrons. The second kappa shape index (κ2) is 7.12. The summed E-state index contributed by atoms with van der Waals surface area (Å²) in [5, 5.41) is 10.3. The lowest BCUT2D eigenvalue weighted by molar-refractivity contribution is -0.116. The highest BCUT2D eigenvalue weighted by atomic mass is 16.5. The van der Waals surface area contributed by atoms with E-state index in [1.54, 1.807) is 0 Å². The van der Waals surface area contributed by atoms with Gasteiger partial charge >= 0.3 is 0 Å². The summed E-state index contributed by atoms with van der Waals surface area (Å²) in [4.78, 5) is 8.81. The van der Waals surface area contributed by atoms with Gasteiger partial charge in [0.2, 0.25) is 6.41 Å². The summed E-state index contributed by atoms with van der Waals surface area (Å²) in [7, 11) is 1.92. The standard InChI is InChI=1S/C8H11N.CH3NO2/c1-7-3-5-8(9-2)6-4-7;3-1-2-4/h3-6,9H,1-2H3;1,4H,(H,2,3). The topological polar surface area (TPSA) is 61.4 Å². The smallest absolute Gasteiger partial charge is 0.230 e. The van der Waals surface area contributed by atoms with Gasteiger partial charge in [-0.3, -0.25) is 10.0 Å². The fraction of sp³-hybridized carbons (Fsp3) is 0.222. The molecule has 1 rings (SSSR count). The van der Waals surface area contributed by atoms with Crippen LogP contribution in [0.2, 0.25) is 0 Å². The Labute approximate surface area is 77.5 Å². The number of carbonyl (C=O) groups excluding carboxylic acids is 1. The fourth-order valence-corrected chi connectivity index (χ4v) is 0.720. The molecule has 1 aromatic carbocycles. The summed E-state index contributed by atoms with van der Waals surface area (Å²) in [6, 6.07) is 8.31. The van der Waals surface area contributed by atoms with E-state index >= 15 is 0 Å². The van der Waals surface area contributed by atoms with Gasteiger partial charge in [-0.2, -0.15) is 0 Å². The highest BCUT2D eigenvalue weighted by molar-refractivity contribution is 5.43. The van der Waals surface area contributed by atoms with Gasteiger partial charge in [0.15, 0.2) is 0 Å². The number of anilines is 1. The molecule has 0 aliphatic carbocycles. The number of nitrogens with one attached hydrogen (secondary N) is 2. The van der Waals surface area contributed by atoms with Gasteiger partial charge < -0.3 is 5.32 Å². The Morgan fingerprint density at radius 1 is 1.31 bits per heavy atom. The Morgan fingerprint density at radius 3 is 2.08 bits per heavy atom. The maximum absolute atomic E-state index is 8.81. The number of amides is 1. The monoisotopic (exact) mass is 182 g/mol. The Balaban J connectivity index is 0.000000310. The molecule has 1 amide bonds. The molecule has 0 heterocycles. The van der Waals surface area contributed by atoms with E-state index in [0.717, 1.165) is 0 Å². The molecule has 13 heavy (non-hydrogen) atoms. The molecule has 0 fully saturated rings. The first kappa shape index (κ1) is 11.4. The number of hydrogen-bond donors (Lipinski definition) is 3. The van der Waals surface area contributed by atoms with Gasteiger partial charge in [-0.05, 0) is 19.1 Å². The van der Waals surface area contributed by atoms with Crippen LogP contribution in [0.3, 0.4) is 0 Å². The van der Waals surface area contributed by atoms with Crippen molar-refractivity contribution in [2.45, 2.75) is 6.92 Å². The number of hydroxylamine groups is 1.